The third-order valence-electron chi connectivity index (χ3n) is 6.42. The van der Waals surface area contributed by atoms with E-state index in [1.165, 1.54) is 40.8 Å². The molecule has 3 rings (SSSR count). The van der Waals surface area contributed by atoms with Gasteiger partial charge in [0.2, 0.25) is 5.88 Å². The summed E-state index contributed by atoms with van der Waals surface area (Å²) < 4.78 is 5.62. The van der Waals surface area contributed by atoms with E-state index in [1.807, 2.05) is 25.1 Å². The number of nitrogens with zero attached hydrogens (tertiary/aromatic N) is 2. The highest BCUT2D eigenvalue weighted by molar-refractivity contribution is 5.54. The number of likely N-dealkylation sites (tertiary alicyclic amines) is 1. The first-order valence-corrected chi connectivity index (χ1v) is 13.0. The lowest BCUT2D eigenvalue weighted by atomic mass is 9.92. The SMILES string of the molecule is C\C=C/C(=C\C(=C\CC)C1CC1)C(/C=C1/C(Nc2cccc(OCC)n2)CCCN1C)=C(C)C. The molecule has 0 spiro atoms. The van der Waals surface area contributed by atoms with Gasteiger partial charge in [-0.2, -0.15) is 4.98 Å². The highest BCUT2D eigenvalue weighted by atomic mass is 16.5. The summed E-state index contributed by atoms with van der Waals surface area (Å²) >= 11 is 0. The van der Waals surface area contributed by atoms with Crippen LogP contribution >= 0.6 is 0 Å². The van der Waals surface area contributed by atoms with Gasteiger partial charge in [0, 0.05) is 25.4 Å². The summed E-state index contributed by atoms with van der Waals surface area (Å²) in [6.45, 7) is 12.5. The summed E-state index contributed by atoms with van der Waals surface area (Å²) in [5.41, 5.74) is 6.76. The maximum atomic E-state index is 5.62. The number of piperidine rings is 1. The molecule has 1 aromatic rings. The second-order valence-corrected chi connectivity index (χ2v) is 9.52. The lowest BCUT2D eigenvalue weighted by molar-refractivity contribution is 0.324. The molecule has 1 aromatic heterocycles. The van der Waals surface area contributed by atoms with Gasteiger partial charge in [-0.05, 0) is 94.6 Å². The monoisotopic (exact) mass is 461 g/mol. The van der Waals surface area contributed by atoms with Crippen LogP contribution in [0.2, 0.25) is 0 Å². The molecule has 2 heterocycles. The zero-order valence-electron chi connectivity index (χ0n) is 22.0. The highest BCUT2D eigenvalue weighted by Crippen LogP contribution is 2.39. The van der Waals surface area contributed by atoms with E-state index in [2.05, 4.69) is 80.3 Å². The molecule has 0 bridgehead atoms. The van der Waals surface area contributed by atoms with Gasteiger partial charge in [-0.3, -0.25) is 0 Å². The summed E-state index contributed by atoms with van der Waals surface area (Å²) in [6, 6.07) is 6.15. The number of rotatable bonds is 10. The van der Waals surface area contributed by atoms with Crippen LogP contribution in [0, 0.1) is 5.92 Å². The van der Waals surface area contributed by atoms with Gasteiger partial charge in [0.05, 0.1) is 12.6 Å². The van der Waals surface area contributed by atoms with Crippen molar-refractivity contribution in [3.8, 4) is 5.88 Å². The minimum atomic E-state index is 0.207. The van der Waals surface area contributed by atoms with Crippen LogP contribution in [0.1, 0.15) is 66.7 Å². The molecule has 4 heteroatoms. The molecule has 2 fully saturated rings. The average molecular weight is 462 g/mol. The van der Waals surface area contributed by atoms with Gasteiger partial charge in [0.15, 0.2) is 0 Å². The molecule has 4 nitrogen and oxygen atoms in total. The predicted octanol–water partition coefficient (Wildman–Crippen LogP) is 7.46. The van der Waals surface area contributed by atoms with Crippen LogP contribution in [0.4, 0.5) is 5.82 Å². The Balaban J connectivity index is 1.97. The molecule has 1 N–H and O–H groups in total. The Morgan fingerprint density at radius 1 is 1.21 bits per heavy atom. The molecular formula is C30H43N3O. The van der Waals surface area contributed by atoms with E-state index < -0.39 is 0 Å². The Bertz CT molecular complexity index is 975. The molecule has 1 saturated carbocycles. The van der Waals surface area contributed by atoms with E-state index >= 15 is 0 Å². The smallest absolute Gasteiger partial charge is 0.215 e. The molecule has 0 aromatic carbocycles. The van der Waals surface area contributed by atoms with E-state index in [1.54, 1.807) is 0 Å². The second kappa shape index (κ2) is 12.6. The van der Waals surface area contributed by atoms with Crippen molar-refractivity contribution in [1.82, 2.24) is 9.88 Å². The maximum Gasteiger partial charge on any atom is 0.215 e. The number of hydrogen-bond acceptors (Lipinski definition) is 4. The topological polar surface area (TPSA) is 37.4 Å². The van der Waals surface area contributed by atoms with Crippen molar-refractivity contribution in [2.24, 2.45) is 5.92 Å². The molecule has 34 heavy (non-hydrogen) atoms. The lowest BCUT2D eigenvalue weighted by Gasteiger charge is -2.36. The quantitative estimate of drug-likeness (QED) is 0.367. The maximum absolute atomic E-state index is 5.62. The Morgan fingerprint density at radius 3 is 2.65 bits per heavy atom. The van der Waals surface area contributed by atoms with Gasteiger partial charge in [-0.1, -0.05) is 42.9 Å². The summed E-state index contributed by atoms with van der Waals surface area (Å²) in [5.74, 6) is 2.27. The molecule has 1 aliphatic carbocycles. The van der Waals surface area contributed by atoms with Crippen LogP contribution in [0.3, 0.4) is 0 Å². The Labute approximate surface area is 207 Å². The van der Waals surface area contributed by atoms with Gasteiger partial charge in [-0.25, -0.2) is 0 Å². The van der Waals surface area contributed by atoms with E-state index in [-0.39, 0.29) is 6.04 Å². The number of hydrogen-bond donors (Lipinski definition) is 1. The van der Waals surface area contributed by atoms with Crippen LogP contribution in [-0.4, -0.2) is 36.1 Å². The number of ether oxygens (including phenoxy) is 1. The second-order valence-electron chi connectivity index (χ2n) is 9.52. The van der Waals surface area contributed by atoms with Crippen molar-refractivity contribution in [1.29, 1.82) is 0 Å². The van der Waals surface area contributed by atoms with E-state index in [9.17, 15) is 0 Å². The Morgan fingerprint density at radius 2 is 2.00 bits per heavy atom. The normalized spacial score (nSPS) is 20.7. The largest absolute Gasteiger partial charge is 0.478 e. The number of anilines is 1. The first-order chi connectivity index (χ1) is 16.5. The predicted molar refractivity (Wildman–Crippen MR) is 145 cm³/mol. The third kappa shape index (κ3) is 7.12. The standard InChI is InChI=1S/C30H43N3O/c1-7-12-24(23-17-18-23)20-25(13-8-2)26(22(4)5)21-28-27(14-11-19-33(28)6)31-29-15-10-16-30(32-29)34-9-3/h8,10,12-13,15-16,20-21,23,27H,7,9,11,14,17-19H2,1-6H3,(H,31,32)/b13-8-,24-12-,25-20+,28-21-. The van der Waals surface area contributed by atoms with Gasteiger partial charge in [0.1, 0.15) is 5.82 Å². The van der Waals surface area contributed by atoms with Crippen molar-refractivity contribution in [3.63, 3.8) is 0 Å². The number of likely N-dealkylation sites (N-methyl/N-ethyl adjacent to an activating group) is 1. The molecular weight excluding hydrogens is 418 g/mol. The zero-order chi connectivity index (χ0) is 24.5. The number of aromatic nitrogens is 1. The molecule has 1 saturated heterocycles. The van der Waals surface area contributed by atoms with Crippen molar-refractivity contribution < 1.29 is 4.74 Å². The van der Waals surface area contributed by atoms with E-state index in [4.69, 9.17) is 4.74 Å². The molecule has 184 valence electrons. The van der Waals surface area contributed by atoms with Crippen LogP contribution in [0.15, 0.2) is 76.6 Å². The Hall–Kier alpha value is -2.75. The molecule has 1 unspecified atom stereocenters. The van der Waals surface area contributed by atoms with Gasteiger partial charge in [-0.15, -0.1) is 0 Å². The molecule has 0 radical (unpaired) electrons. The minimum Gasteiger partial charge on any atom is -0.478 e. The van der Waals surface area contributed by atoms with E-state index in [0.29, 0.717) is 12.5 Å². The van der Waals surface area contributed by atoms with Crippen LogP contribution in [0.25, 0.3) is 0 Å². The fraction of sp³-hybridized carbons (Fsp3) is 0.500. The van der Waals surface area contributed by atoms with Crippen LogP contribution in [0.5, 0.6) is 5.88 Å². The summed E-state index contributed by atoms with van der Waals surface area (Å²) in [4.78, 5) is 7.06. The van der Waals surface area contributed by atoms with Crippen molar-refractivity contribution in [2.45, 2.75) is 72.8 Å². The zero-order valence-corrected chi connectivity index (χ0v) is 22.0. The van der Waals surface area contributed by atoms with Gasteiger partial charge in [0.25, 0.3) is 0 Å². The summed E-state index contributed by atoms with van der Waals surface area (Å²) in [5, 5.41) is 3.69. The molecule has 0 amide bonds. The number of pyridine rings is 1. The van der Waals surface area contributed by atoms with Gasteiger partial charge >= 0.3 is 0 Å². The molecule has 1 aliphatic heterocycles. The first-order valence-electron chi connectivity index (χ1n) is 13.0. The number of nitrogens with one attached hydrogen (secondary N) is 1. The minimum absolute atomic E-state index is 0.207. The fourth-order valence-corrected chi connectivity index (χ4v) is 4.57. The summed E-state index contributed by atoms with van der Waals surface area (Å²) in [6.07, 6.45) is 17.6. The van der Waals surface area contributed by atoms with E-state index in [0.717, 1.165) is 37.5 Å². The van der Waals surface area contributed by atoms with Crippen molar-refractivity contribution in [3.05, 3.63) is 76.6 Å². The van der Waals surface area contributed by atoms with Gasteiger partial charge < -0.3 is 15.0 Å². The summed E-state index contributed by atoms with van der Waals surface area (Å²) in [7, 11) is 2.21. The molecule has 1 atom stereocenters. The fourth-order valence-electron chi connectivity index (χ4n) is 4.57. The first kappa shape index (κ1) is 25.9. The average Bonchev–Trinajstić information content (AvgIpc) is 3.64. The lowest BCUT2D eigenvalue weighted by Crippen LogP contribution is -2.38. The third-order valence-corrected chi connectivity index (χ3v) is 6.42. The molecule has 2 aliphatic rings. The van der Waals surface area contributed by atoms with Crippen LogP contribution in [-0.2, 0) is 0 Å². The highest BCUT2D eigenvalue weighted by Gasteiger charge is 2.26. The van der Waals surface area contributed by atoms with Crippen molar-refractivity contribution in [2.75, 3.05) is 25.5 Å². The Kier molecular flexibility index (Phi) is 9.62. The van der Waals surface area contributed by atoms with Crippen LogP contribution < -0.4 is 10.1 Å². The number of allylic oxidation sites excluding steroid dienone is 9. The van der Waals surface area contributed by atoms with Crippen molar-refractivity contribution >= 4 is 5.82 Å².